The average Bonchev–Trinajstić information content (AvgIpc) is 2.58. The van der Waals surface area contributed by atoms with Crippen molar-refractivity contribution in [3.05, 3.63) is 35.9 Å². The van der Waals surface area contributed by atoms with Gasteiger partial charge in [0.15, 0.2) is 0 Å². The Hall–Kier alpha value is -1.88. The molecule has 1 aromatic carbocycles. The molecule has 0 N–H and O–H groups in total. The summed E-state index contributed by atoms with van der Waals surface area (Å²) in [4.78, 5) is 25.2. The van der Waals surface area contributed by atoms with E-state index in [2.05, 4.69) is 17.0 Å². The van der Waals surface area contributed by atoms with Crippen molar-refractivity contribution < 1.29 is 19.1 Å². The van der Waals surface area contributed by atoms with Gasteiger partial charge in [-0.1, -0.05) is 30.3 Å². The van der Waals surface area contributed by atoms with Crippen molar-refractivity contribution in [1.82, 2.24) is 4.90 Å². The summed E-state index contributed by atoms with van der Waals surface area (Å²) in [6.07, 6.45) is 2.44. The largest absolute Gasteiger partial charge is 0.466 e. The highest BCUT2D eigenvalue weighted by atomic mass is 16.5. The minimum absolute atomic E-state index is 0.161. The smallest absolute Gasteiger partial charge is 0.307 e. The fraction of sp³-hybridized carbons (Fsp3) is 0.579. The van der Waals surface area contributed by atoms with Gasteiger partial charge in [0.1, 0.15) is 0 Å². The monoisotopic (exact) mass is 335 g/mol. The van der Waals surface area contributed by atoms with E-state index < -0.39 is 0 Å². The third-order valence-electron chi connectivity index (χ3n) is 3.66. The van der Waals surface area contributed by atoms with Gasteiger partial charge in [0.2, 0.25) is 0 Å². The second kappa shape index (κ2) is 12.5. The van der Waals surface area contributed by atoms with Gasteiger partial charge in [0.25, 0.3) is 0 Å². The molecule has 134 valence electrons. The highest BCUT2D eigenvalue weighted by Crippen LogP contribution is 2.05. The van der Waals surface area contributed by atoms with Crippen LogP contribution in [0.5, 0.6) is 0 Å². The first kappa shape index (κ1) is 20.2. The van der Waals surface area contributed by atoms with Crippen molar-refractivity contribution in [2.24, 2.45) is 0 Å². The van der Waals surface area contributed by atoms with E-state index in [0.29, 0.717) is 32.6 Å². The van der Waals surface area contributed by atoms with E-state index in [1.807, 2.05) is 32.0 Å². The first-order valence-electron chi connectivity index (χ1n) is 8.73. The summed E-state index contributed by atoms with van der Waals surface area (Å²) in [6.45, 7) is 6.71. The predicted molar refractivity (Wildman–Crippen MR) is 93.7 cm³/mol. The summed E-state index contributed by atoms with van der Waals surface area (Å²) in [5.74, 6) is -0.335. The molecule has 0 spiro atoms. The topological polar surface area (TPSA) is 55.8 Å². The van der Waals surface area contributed by atoms with Crippen molar-refractivity contribution in [3.8, 4) is 0 Å². The summed E-state index contributed by atoms with van der Waals surface area (Å²) >= 11 is 0. The van der Waals surface area contributed by atoms with Crippen molar-refractivity contribution in [2.75, 3.05) is 32.8 Å². The standard InChI is InChI=1S/C19H29NO4/c1-3-23-18(21)11-8-14-20(16-13-19(22)24-4-2)15-12-17-9-6-5-7-10-17/h5-7,9-10H,3-4,8,11-16H2,1-2H3. The Balaban J connectivity index is 2.42. The zero-order valence-corrected chi connectivity index (χ0v) is 14.8. The number of nitrogens with zero attached hydrogens (tertiary/aromatic N) is 1. The van der Waals surface area contributed by atoms with E-state index in [9.17, 15) is 9.59 Å². The highest BCUT2D eigenvalue weighted by Gasteiger charge is 2.10. The van der Waals surface area contributed by atoms with Crippen LogP contribution < -0.4 is 0 Å². The van der Waals surface area contributed by atoms with E-state index in [1.165, 1.54) is 5.56 Å². The first-order chi connectivity index (χ1) is 11.7. The molecule has 0 heterocycles. The van der Waals surface area contributed by atoms with E-state index in [0.717, 1.165) is 25.9 Å². The number of rotatable bonds is 12. The number of benzene rings is 1. The summed E-state index contributed by atoms with van der Waals surface area (Å²) in [5, 5.41) is 0. The van der Waals surface area contributed by atoms with Crippen molar-refractivity contribution in [3.63, 3.8) is 0 Å². The van der Waals surface area contributed by atoms with Crippen LogP contribution in [0.2, 0.25) is 0 Å². The predicted octanol–water partition coefficient (Wildman–Crippen LogP) is 2.83. The average molecular weight is 335 g/mol. The summed E-state index contributed by atoms with van der Waals surface area (Å²) in [6, 6.07) is 10.3. The molecule has 1 rings (SSSR count). The lowest BCUT2D eigenvalue weighted by Crippen LogP contribution is -2.30. The normalized spacial score (nSPS) is 10.6. The van der Waals surface area contributed by atoms with Crippen LogP contribution in [0.25, 0.3) is 0 Å². The fourth-order valence-corrected chi connectivity index (χ4v) is 2.43. The lowest BCUT2D eigenvalue weighted by atomic mass is 10.1. The molecule has 1 aromatic rings. The maximum Gasteiger partial charge on any atom is 0.307 e. The van der Waals surface area contributed by atoms with Gasteiger partial charge in [-0.25, -0.2) is 0 Å². The molecule has 0 aromatic heterocycles. The fourth-order valence-electron chi connectivity index (χ4n) is 2.43. The zero-order valence-electron chi connectivity index (χ0n) is 14.8. The van der Waals surface area contributed by atoms with E-state index in [4.69, 9.17) is 9.47 Å². The van der Waals surface area contributed by atoms with Crippen molar-refractivity contribution in [1.29, 1.82) is 0 Å². The molecule has 0 aliphatic carbocycles. The summed E-state index contributed by atoms with van der Waals surface area (Å²) in [7, 11) is 0. The second-order valence-corrected chi connectivity index (χ2v) is 5.54. The Morgan fingerprint density at radius 2 is 1.50 bits per heavy atom. The maximum absolute atomic E-state index is 11.6. The molecule has 5 nitrogen and oxygen atoms in total. The lowest BCUT2D eigenvalue weighted by molar-refractivity contribution is -0.144. The third kappa shape index (κ3) is 9.30. The Labute approximate surface area is 144 Å². The molecular weight excluding hydrogens is 306 g/mol. The molecule has 0 atom stereocenters. The lowest BCUT2D eigenvalue weighted by Gasteiger charge is -2.21. The Morgan fingerprint density at radius 1 is 0.875 bits per heavy atom. The molecule has 0 radical (unpaired) electrons. The Kier molecular flexibility index (Phi) is 10.5. The second-order valence-electron chi connectivity index (χ2n) is 5.54. The molecule has 0 unspecified atom stereocenters. The van der Waals surface area contributed by atoms with Crippen LogP contribution in [0, 0.1) is 0 Å². The van der Waals surface area contributed by atoms with Crippen molar-refractivity contribution >= 4 is 11.9 Å². The Bertz CT molecular complexity index is 476. The van der Waals surface area contributed by atoms with Crippen molar-refractivity contribution in [2.45, 2.75) is 39.5 Å². The zero-order chi connectivity index (χ0) is 17.6. The molecule has 0 aliphatic rings. The number of esters is 2. The van der Waals surface area contributed by atoms with Crippen LogP contribution in [0.4, 0.5) is 0 Å². The highest BCUT2D eigenvalue weighted by molar-refractivity contribution is 5.69. The van der Waals surface area contributed by atoms with E-state index >= 15 is 0 Å². The van der Waals surface area contributed by atoms with Gasteiger partial charge in [-0.2, -0.15) is 0 Å². The maximum atomic E-state index is 11.6. The number of carbonyl (C=O) groups excluding carboxylic acids is 2. The van der Waals surface area contributed by atoms with E-state index in [-0.39, 0.29) is 11.9 Å². The number of ether oxygens (including phenoxy) is 2. The third-order valence-corrected chi connectivity index (χ3v) is 3.66. The minimum atomic E-state index is -0.174. The van der Waals surface area contributed by atoms with E-state index in [1.54, 1.807) is 0 Å². The molecule has 0 saturated heterocycles. The molecule has 0 bridgehead atoms. The van der Waals surface area contributed by atoms with Gasteiger partial charge >= 0.3 is 11.9 Å². The molecule has 0 saturated carbocycles. The molecular formula is C19H29NO4. The Morgan fingerprint density at radius 3 is 2.12 bits per heavy atom. The molecule has 0 fully saturated rings. The van der Waals surface area contributed by atoms with Crippen LogP contribution in [0.3, 0.4) is 0 Å². The minimum Gasteiger partial charge on any atom is -0.466 e. The number of carbonyl (C=O) groups is 2. The van der Waals surface area contributed by atoms with Gasteiger partial charge < -0.3 is 14.4 Å². The van der Waals surface area contributed by atoms with Crippen LogP contribution in [-0.4, -0.2) is 49.7 Å². The van der Waals surface area contributed by atoms with Crippen LogP contribution in [0.1, 0.15) is 38.7 Å². The quantitative estimate of drug-likeness (QED) is 0.550. The molecule has 24 heavy (non-hydrogen) atoms. The van der Waals surface area contributed by atoms with Crippen LogP contribution in [0.15, 0.2) is 30.3 Å². The first-order valence-corrected chi connectivity index (χ1v) is 8.73. The molecule has 5 heteroatoms. The summed E-state index contributed by atoms with van der Waals surface area (Å²) in [5.41, 5.74) is 1.27. The molecule has 0 amide bonds. The van der Waals surface area contributed by atoms with Gasteiger partial charge in [-0.15, -0.1) is 0 Å². The van der Waals surface area contributed by atoms with Gasteiger partial charge in [0.05, 0.1) is 19.6 Å². The SMILES string of the molecule is CCOC(=O)CCCN(CCC(=O)OCC)CCc1ccccc1. The number of hydrogen-bond donors (Lipinski definition) is 0. The van der Waals surface area contributed by atoms with Gasteiger partial charge in [-0.3, -0.25) is 9.59 Å². The van der Waals surface area contributed by atoms with Crippen LogP contribution in [-0.2, 0) is 25.5 Å². The van der Waals surface area contributed by atoms with Gasteiger partial charge in [0, 0.05) is 19.5 Å². The van der Waals surface area contributed by atoms with Crippen LogP contribution >= 0.6 is 0 Å². The number of hydrogen-bond acceptors (Lipinski definition) is 5. The molecule has 0 aliphatic heterocycles. The van der Waals surface area contributed by atoms with Gasteiger partial charge in [-0.05, 0) is 38.8 Å². The summed E-state index contributed by atoms with van der Waals surface area (Å²) < 4.78 is 9.94.